The van der Waals surface area contributed by atoms with E-state index in [0.29, 0.717) is 5.56 Å². The Kier molecular flexibility index (Phi) is 7.93. The van der Waals surface area contributed by atoms with Gasteiger partial charge in [-0.15, -0.1) is 0 Å². The smallest absolute Gasteiger partial charge is 0.416 e. The molecule has 0 aliphatic rings. The summed E-state index contributed by atoms with van der Waals surface area (Å²) in [5.41, 5.74) is 4.68. The Morgan fingerprint density at radius 1 is 1.20 bits per heavy atom. The van der Waals surface area contributed by atoms with Crippen LogP contribution in [-0.4, -0.2) is 6.54 Å². The van der Waals surface area contributed by atoms with Crippen LogP contribution < -0.4 is 44.7 Å². The number of H-pyrrole nitrogens is 1. The molecule has 0 amide bonds. The van der Waals surface area contributed by atoms with Gasteiger partial charge in [0.15, 0.2) is 5.69 Å². The zero-order valence-electron chi connectivity index (χ0n) is 10.3. The monoisotopic (exact) mass is 432 g/mol. The van der Waals surface area contributed by atoms with E-state index < -0.39 is 11.7 Å². The van der Waals surface area contributed by atoms with Gasteiger partial charge in [-0.2, -0.15) is 18.2 Å². The molecule has 2 rings (SSSR count). The summed E-state index contributed by atoms with van der Waals surface area (Å²) in [5.74, 6) is 0. The number of hydrogen-bond acceptors (Lipinski definition) is 1. The number of hydrogen-bond donors (Lipinski definition) is 1. The van der Waals surface area contributed by atoms with E-state index in [2.05, 4.69) is 10.7 Å². The molecule has 0 radical (unpaired) electrons. The number of alkyl halides is 3. The Balaban J connectivity index is 0.00000180. The van der Waals surface area contributed by atoms with Gasteiger partial charge in [-0.25, -0.2) is 0 Å². The van der Waals surface area contributed by atoms with Crippen LogP contribution in [0.25, 0.3) is 10.6 Å². The zero-order valence-corrected chi connectivity index (χ0v) is 14.3. The van der Waals surface area contributed by atoms with E-state index in [4.69, 9.17) is 0 Å². The van der Waals surface area contributed by atoms with Crippen molar-refractivity contribution in [1.82, 2.24) is 0 Å². The van der Waals surface area contributed by atoms with E-state index in [0.717, 1.165) is 35.8 Å². The molecule has 2 aromatic rings. The van der Waals surface area contributed by atoms with Crippen LogP contribution in [0.2, 0.25) is 0 Å². The first-order valence-electron chi connectivity index (χ1n) is 5.47. The van der Waals surface area contributed by atoms with Gasteiger partial charge in [0.2, 0.25) is 0 Å². The van der Waals surface area contributed by atoms with Gasteiger partial charge >= 0.3 is 6.18 Å². The van der Waals surface area contributed by atoms with Gasteiger partial charge in [-0.1, -0.05) is 17.4 Å². The van der Waals surface area contributed by atoms with Crippen LogP contribution in [0, 0.1) is 0 Å². The minimum Gasteiger partial charge on any atom is -1.00 e. The lowest BCUT2D eigenvalue weighted by Gasteiger charge is -2.06. The number of nitrogens with one attached hydrogen (secondary N) is 1. The minimum atomic E-state index is -4.30. The summed E-state index contributed by atoms with van der Waals surface area (Å²) in [7, 11) is 0. The number of rotatable bonds is 3. The third-order valence-electron chi connectivity index (χ3n) is 2.49. The van der Waals surface area contributed by atoms with Gasteiger partial charge in [-0.05, 0) is 18.2 Å². The molecule has 112 valence electrons. The van der Waals surface area contributed by atoms with Crippen molar-refractivity contribution in [2.24, 2.45) is 0 Å². The molecule has 0 fully saturated rings. The predicted octanol–water partition coefficient (Wildman–Crippen LogP) is -3.96. The van der Waals surface area contributed by atoms with Crippen molar-refractivity contribution < 1.29 is 57.9 Å². The highest BCUT2D eigenvalue weighted by Gasteiger charge is 2.31. The van der Waals surface area contributed by atoms with Crippen LogP contribution in [0.3, 0.4) is 0 Å². The van der Waals surface area contributed by atoms with Gasteiger partial charge in [0.25, 0.3) is 5.01 Å². The van der Waals surface area contributed by atoms with E-state index in [1.165, 1.54) is 17.4 Å². The number of quaternary nitrogens is 1. The van der Waals surface area contributed by atoms with Crippen molar-refractivity contribution in [2.75, 3.05) is 6.54 Å². The van der Waals surface area contributed by atoms with Crippen molar-refractivity contribution >= 4 is 11.3 Å². The Morgan fingerprint density at radius 2 is 1.90 bits per heavy atom. The van der Waals surface area contributed by atoms with Crippen molar-refractivity contribution in [3.8, 4) is 10.6 Å². The average molecular weight is 434 g/mol. The summed E-state index contributed by atoms with van der Waals surface area (Å²) in [5, 5.41) is 2.66. The quantitative estimate of drug-likeness (QED) is 0.513. The van der Waals surface area contributed by atoms with Gasteiger partial charge in [-0.3, -0.25) is 0 Å². The molecule has 2 nitrogen and oxygen atoms in total. The van der Waals surface area contributed by atoms with Crippen LogP contribution in [0.1, 0.15) is 11.3 Å². The second kappa shape index (κ2) is 8.11. The van der Waals surface area contributed by atoms with Crippen LogP contribution in [-0.2, 0) is 12.6 Å². The van der Waals surface area contributed by atoms with Gasteiger partial charge in [0, 0.05) is 0 Å². The number of aromatic amines is 1. The van der Waals surface area contributed by atoms with E-state index in [1.807, 2.05) is 5.38 Å². The first-order chi connectivity index (χ1) is 8.50. The SMILES string of the molecule is [Br-].[Br-].[NH3+]CCc1csc(-c2cccc(C(F)(F)F)c2)[nH+]1. The summed E-state index contributed by atoms with van der Waals surface area (Å²) in [6, 6.07) is 5.34. The highest BCUT2D eigenvalue weighted by Crippen LogP contribution is 2.32. The van der Waals surface area contributed by atoms with E-state index in [1.54, 1.807) is 6.07 Å². The lowest BCUT2D eigenvalue weighted by molar-refractivity contribution is -0.394. The summed E-state index contributed by atoms with van der Waals surface area (Å²) in [6.07, 6.45) is -3.50. The minimum absolute atomic E-state index is 0. The number of aromatic nitrogens is 1. The predicted molar refractivity (Wildman–Crippen MR) is 62.8 cm³/mol. The fraction of sp³-hybridized carbons (Fsp3) is 0.250. The van der Waals surface area contributed by atoms with Crippen molar-refractivity contribution in [3.05, 3.63) is 40.9 Å². The molecule has 0 unspecified atom stereocenters. The number of benzene rings is 1. The zero-order chi connectivity index (χ0) is 13.2. The lowest BCUT2D eigenvalue weighted by Crippen LogP contribution is -3.00. The Labute approximate surface area is 139 Å². The average Bonchev–Trinajstić information content (AvgIpc) is 2.77. The first-order valence-corrected chi connectivity index (χ1v) is 6.35. The first kappa shape index (κ1) is 19.6. The topological polar surface area (TPSA) is 41.8 Å². The van der Waals surface area contributed by atoms with E-state index in [9.17, 15) is 13.2 Å². The van der Waals surface area contributed by atoms with Crippen LogP contribution in [0.15, 0.2) is 29.6 Å². The highest BCUT2D eigenvalue weighted by molar-refractivity contribution is 7.12. The molecule has 0 bridgehead atoms. The number of thiazole rings is 1. The number of halogens is 5. The lowest BCUT2D eigenvalue weighted by atomic mass is 10.1. The fourth-order valence-electron chi connectivity index (χ4n) is 1.62. The fourth-order valence-corrected chi connectivity index (χ4v) is 2.51. The molecular formula is C12H13Br2F3N2S. The molecule has 0 saturated heterocycles. The van der Waals surface area contributed by atoms with Gasteiger partial charge in [0.1, 0.15) is 0 Å². The largest absolute Gasteiger partial charge is 1.00 e. The second-order valence-corrected chi connectivity index (χ2v) is 4.78. The maximum Gasteiger partial charge on any atom is 0.416 e. The summed E-state index contributed by atoms with van der Waals surface area (Å²) in [4.78, 5) is 3.12. The van der Waals surface area contributed by atoms with E-state index in [-0.39, 0.29) is 34.0 Å². The molecule has 8 heteroatoms. The van der Waals surface area contributed by atoms with E-state index >= 15 is 0 Å². The molecule has 0 spiro atoms. The standard InChI is InChI=1S/C12H11F3N2S.2BrH/c13-12(14,15)9-3-1-2-8(6-9)11-17-10(4-5-16)7-18-11;;/h1-3,6-7H,4-5,16H2;2*1H. The van der Waals surface area contributed by atoms with Crippen molar-refractivity contribution in [3.63, 3.8) is 0 Å². The molecule has 0 saturated carbocycles. The Hall–Kier alpha value is -0.440. The van der Waals surface area contributed by atoms with Crippen molar-refractivity contribution in [1.29, 1.82) is 0 Å². The maximum absolute atomic E-state index is 12.6. The Morgan fingerprint density at radius 3 is 2.50 bits per heavy atom. The molecule has 20 heavy (non-hydrogen) atoms. The molecule has 0 aliphatic heterocycles. The summed E-state index contributed by atoms with van der Waals surface area (Å²) >= 11 is 1.41. The molecule has 1 heterocycles. The second-order valence-electron chi connectivity index (χ2n) is 3.90. The van der Waals surface area contributed by atoms with Gasteiger partial charge in [0.05, 0.1) is 29.5 Å². The van der Waals surface area contributed by atoms with Crippen LogP contribution >= 0.6 is 11.3 Å². The van der Waals surface area contributed by atoms with Crippen LogP contribution in [0.4, 0.5) is 13.2 Å². The normalized spacial score (nSPS) is 10.6. The molecule has 0 aliphatic carbocycles. The summed E-state index contributed by atoms with van der Waals surface area (Å²) < 4.78 is 37.8. The van der Waals surface area contributed by atoms with Crippen LogP contribution in [0.5, 0.6) is 0 Å². The van der Waals surface area contributed by atoms with Crippen molar-refractivity contribution in [2.45, 2.75) is 12.6 Å². The molecule has 1 aromatic heterocycles. The maximum atomic E-state index is 12.6. The molecule has 1 aromatic carbocycles. The van der Waals surface area contributed by atoms with Gasteiger partial charge < -0.3 is 39.7 Å². The Bertz CT molecular complexity index is 543. The molecule has 4 N–H and O–H groups in total. The molecule has 0 atom stereocenters. The molecular weight excluding hydrogens is 421 g/mol. The highest BCUT2D eigenvalue weighted by atomic mass is 79.9. The summed E-state index contributed by atoms with van der Waals surface area (Å²) in [6.45, 7) is 0.759. The third kappa shape index (κ3) is 4.83. The third-order valence-corrected chi connectivity index (χ3v) is 3.47.